The summed E-state index contributed by atoms with van der Waals surface area (Å²) in [5.74, 6) is 0. The molecule has 2 aromatic carbocycles. The fourth-order valence-corrected chi connectivity index (χ4v) is 7.40. The van der Waals surface area contributed by atoms with Crippen LogP contribution in [0.15, 0.2) is 46.7 Å². The van der Waals surface area contributed by atoms with Gasteiger partial charge in [-0.25, -0.2) is 13.4 Å². The number of nitrogens with zero attached hydrogens (tertiary/aromatic N) is 2. The van der Waals surface area contributed by atoms with Crippen molar-refractivity contribution < 1.29 is 8.42 Å². The molecular formula is C24H27BrN2O2S2. The van der Waals surface area contributed by atoms with Gasteiger partial charge in [-0.2, -0.15) is 0 Å². The first-order valence-electron chi connectivity index (χ1n) is 10.5. The van der Waals surface area contributed by atoms with Crippen molar-refractivity contribution in [2.24, 2.45) is 0 Å². The smallest absolute Gasteiger partial charge is 0.185 e. The van der Waals surface area contributed by atoms with Crippen LogP contribution in [0.3, 0.4) is 0 Å². The highest BCUT2D eigenvalue weighted by molar-refractivity contribution is 9.08. The van der Waals surface area contributed by atoms with Crippen molar-refractivity contribution in [1.29, 1.82) is 0 Å². The van der Waals surface area contributed by atoms with E-state index in [1.54, 1.807) is 23.5 Å². The van der Waals surface area contributed by atoms with Gasteiger partial charge < -0.3 is 4.90 Å². The summed E-state index contributed by atoms with van der Waals surface area (Å²) in [5.41, 5.74) is 7.04. The van der Waals surface area contributed by atoms with Gasteiger partial charge in [-0.1, -0.05) is 45.8 Å². The number of sulfone groups is 1. The van der Waals surface area contributed by atoms with Crippen molar-refractivity contribution >= 4 is 42.2 Å². The van der Waals surface area contributed by atoms with Gasteiger partial charge in [0.05, 0.1) is 15.8 Å². The number of hydrogen-bond donors (Lipinski definition) is 0. The fourth-order valence-electron chi connectivity index (χ4n) is 4.43. The van der Waals surface area contributed by atoms with Gasteiger partial charge in [0.15, 0.2) is 15.0 Å². The Morgan fingerprint density at radius 3 is 2.26 bits per heavy atom. The molecule has 0 bridgehead atoms. The lowest BCUT2D eigenvalue weighted by molar-refractivity contribution is 0.529. The highest BCUT2D eigenvalue weighted by atomic mass is 79.9. The molecule has 31 heavy (non-hydrogen) atoms. The van der Waals surface area contributed by atoms with E-state index in [1.807, 2.05) is 12.1 Å². The van der Waals surface area contributed by atoms with Crippen molar-refractivity contribution in [1.82, 2.24) is 4.98 Å². The monoisotopic (exact) mass is 518 g/mol. The second-order valence-corrected chi connectivity index (χ2v) is 11.9. The zero-order chi connectivity index (χ0) is 22.2. The van der Waals surface area contributed by atoms with Crippen LogP contribution in [0.25, 0.3) is 11.3 Å². The predicted molar refractivity (Wildman–Crippen MR) is 133 cm³/mol. The summed E-state index contributed by atoms with van der Waals surface area (Å²) in [7, 11) is -3.30. The van der Waals surface area contributed by atoms with E-state index < -0.39 is 9.84 Å². The Balaban J connectivity index is 1.47. The first-order chi connectivity index (χ1) is 14.8. The number of piperidine rings is 1. The van der Waals surface area contributed by atoms with Gasteiger partial charge in [0, 0.05) is 29.4 Å². The minimum absolute atomic E-state index is 0.334. The molecule has 0 N–H and O–H groups in total. The molecule has 0 unspecified atom stereocenters. The van der Waals surface area contributed by atoms with Gasteiger partial charge in [-0.15, -0.1) is 11.3 Å². The summed E-state index contributed by atoms with van der Waals surface area (Å²) in [4.78, 5) is 7.57. The topological polar surface area (TPSA) is 50.3 Å². The summed E-state index contributed by atoms with van der Waals surface area (Å²) in [5, 5.41) is 3.49. The Morgan fingerprint density at radius 1 is 1.06 bits per heavy atom. The van der Waals surface area contributed by atoms with Crippen LogP contribution >= 0.6 is 27.3 Å². The minimum atomic E-state index is -3.30. The summed E-state index contributed by atoms with van der Waals surface area (Å²) in [6, 6.07) is 11.6. The van der Waals surface area contributed by atoms with Crippen LogP contribution in [0.5, 0.6) is 0 Å². The Kier molecular flexibility index (Phi) is 6.56. The number of benzene rings is 2. The van der Waals surface area contributed by atoms with E-state index in [0.29, 0.717) is 30.8 Å². The lowest BCUT2D eigenvalue weighted by Crippen LogP contribution is -2.39. The highest BCUT2D eigenvalue weighted by Crippen LogP contribution is 2.34. The maximum absolute atomic E-state index is 13.1. The lowest BCUT2D eigenvalue weighted by Gasteiger charge is -2.31. The Hall–Kier alpha value is -1.70. The first kappa shape index (κ1) is 22.5. The Labute approximate surface area is 197 Å². The number of alkyl halides is 1. The summed E-state index contributed by atoms with van der Waals surface area (Å²) < 4.78 is 26.2. The largest absolute Gasteiger partial charge is 0.348 e. The molecule has 0 amide bonds. The summed E-state index contributed by atoms with van der Waals surface area (Å²) >= 11 is 5.05. The van der Waals surface area contributed by atoms with Crippen LogP contribution in [0, 0.1) is 20.8 Å². The van der Waals surface area contributed by atoms with E-state index in [9.17, 15) is 8.42 Å². The van der Waals surface area contributed by atoms with Gasteiger partial charge in [-0.05, 0) is 62.4 Å². The van der Waals surface area contributed by atoms with Gasteiger partial charge in [0.1, 0.15) is 0 Å². The van der Waals surface area contributed by atoms with Gasteiger partial charge in [-0.3, -0.25) is 0 Å². The Morgan fingerprint density at radius 2 is 1.68 bits per heavy atom. The van der Waals surface area contributed by atoms with E-state index in [2.05, 4.69) is 59.1 Å². The average molecular weight is 520 g/mol. The van der Waals surface area contributed by atoms with E-state index >= 15 is 0 Å². The van der Waals surface area contributed by atoms with Crippen LogP contribution in [0.4, 0.5) is 5.13 Å². The number of rotatable bonds is 5. The SMILES string of the molecule is Cc1cc(C)c(-c2csc(N3CCC(S(=O)(=O)c4ccc(CBr)cc4)CC3)n2)c(C)c1. The lowest BCUT2D eigenvalue weighted by atomic mass is 9.98. The van der Waals surface area contributed by atoms with Crippen LogP contribution in [-0.2, 0) is 15.2 Å². The number of anilines is 1. The van der Waals surface area contributed by atoms with Crippen molar-refractivity contribution in [2.75, 3.05) is 18.0 Å². The fraction of sp³-hybridized carbons (Fsp3) is 0.375. The van der Waals surface area contributed by atoms with E-state index in [-0.39, 0.29) is 5.25 Å². The van der Waals surface area contributed by atoms with Crippen molar-refractivity contribution in [3.63, 3.8) is 0 Å². The molecule has 3 aromatic rings. The summed E-state index contributed by atoms with van der Waals surface area (Å²) in [6.07, 6.45) is 1.25. The van der Waals surface area contributed by atoms with Gasteiger partial charge >= 0.3 is 0 Å². The molecule has 0 atom stereocenters. The van der Waals surface area contributed by atoms with E-state index in [1.165, 1.54) is 22.3 Å². The number of aryl methyl sites for hydroxylation is 3. The minimum Gasteiger partial charge on any atom is -0.348 e. The highest BCUT2D eigenvalue weighted by Gasteiger charge is 2.32. The van der Waals surface area contributed by atoms with Crippen LogP contribution in [0.2, 0.25) is 0 Å². The maximum Gasteiger partial charge on any atom is 0.185 e. The van der Waals surface area contributed by atoms with Gasteiger partial charge in [0.2, 0.25) is 0 Å². The molecule has 1 aliphatic heterocycles. The maximum atomic E-state index is 13.1. The zero-order valence-corrected chi connectivity index (χ0v) is 21.3. The molecule has 1 fully saturated rings. The normalized spacial score (nSPS) is 15.4. The van der Waals surface area contributed by atoms with Crippen LogP contribution < -0.4 is 4.90 Å². The molecule has 0 aliphatic carbocycles. The molecule has 4 rings (SSSR count). The van der Waals surface area contributed by atoms with Crippen molar-refractivity contribution in [2.45, 2.75) is 49.1 Å². The molecule has 1 saturated heterocycles. The third kappa shape index (κ3) is 4.59. The molecule has 1 aromatic heterocycles. The predicted octanol–water partition coefficient (Wildman–Crippen LogP) is 6.07. The first-order valence-corrected chi connectivity index (χ1v) is 14.0. The molecule has 4 nitrogen and oxygen atoms in total. The molecule has 7 heteroatoms. The second-order valence-electron chi connectivity index (χ2n) is 8.30. The molecule has 2 heterocycles. The molecule has 0 radical (unpaired) electrons. The molecule has 164 valence electrons. The molecule has 0 spiro atoms. The number of aromatic nitrogens is 1. The second kappa shape index (κ2) is 9.04. The molecule has 1 aliphatic rings. The van der Waals surface area contributed by atoms with Gasteiger partial charge in [0.25, 0.3) is 0 Å². The average Bonchev–Trinajstić information content (AvgIpc) is 3.23. The molecule has 0 saturated carbocycles. The van der Waals surface area contributed by atoms with Crippen molar-refractivity contribution in [3.05, 3.63) is 64.0 Å². The number of halogens is 1. The molecular weight excluding hydrogens is 492 g/mol. The van der Waals surface area contributed by atoms with E-state index in [4.69, 9.17) is 4.98 Å². The van der Waals surface area contributed by atoms with E-state index in [0.717, 1.165) is 21.7 Å². The third-order valence-corrected chi connectivity index (χ3v) is 9.81. The van der Waals surface area contributed by atoms with Crippen LogP contribution in [-0.4, -0.2) is 31.7 Å². The Bertz CT molecular complexity index is 1160. The quantitative estimate of drug-likeness (QED) is 0.384. The number of hydrogen-bond acceptors (Lipinski definition) is 5. The zero-order valence-electron chi connectivity index (χ0n) is 18.1. The standard InChI is InChI=1S/C24H27BrN2O2S2/c1-16-12-17(2)23(18(3)13-16)22-15-30-24(26-22)27-10-8-21(9-11-27)31(28,29)20-6-4-19(14-25)5-7-20/h4-7,12-13,15,21H,8-11,14H2,1-3H3. The third-order valence-electron chi connectivity index (χ3n) is 5.98. The van der Waals surface area contributed by atoms with Crippen LogP contribution in [0.1, 0.15) is 35.1 Å². The number of thiazole rings is 1. The van der Waals surface area contributed by atoms with Crippen molar-refractivity contribution in [3.8, 4) is 11.3 Å². The summed E-state index contributed by atoms with van der Waals surface area (Å²) in [6.45, 7) is 7.80.